The molecule has 0 N–H and O–H groups in total. The van der Waals surface area contributed by atoms with Crippen LogP contribution in [0.15, 0.2) is 60.7 Å². The summed E-state index contributed by atoms with van der Waals surface area (Å²) in [5, 5.41) is 0.557. The molecule has 1 aliphatic heterocycles. The number of carbonyl (C=O) groups excluding carboxylic acids is 1. The zero-order valence-corrected chi connectivity index (χ0v) is 15.2. The predicted octanol–water partition coefficient (Wildman–Crippen LogP) is 3.04. The Labute approximate surface area is 146 Å². The van der Waals surface area contributed by atoms with E-state index in [1.165, 1.54) is 4.46 Å². The Bertz CT molecular complexity index is 663. The van der Waals surface area contributed by atoms with Crippen molar-refractivity contribution in [3.63, 3.8) is 0 Å². The van der Waals surface area contributed by atoms with Crippen LogP contribution in [-0.4, -0.2) is 35.8 Å². The second kappa shape index (κ2) is 7.42. The number of carbonyl (C=O) groups is 1. The van der Waals surface area contributed by atoms with Gasteiger partial charge in [0.15, 0.2) is 0 Å². The first-order valence-corrected chi connectivity index (χ1v) is 10.4. The summed E-state index contributed by atoms with van der Waals surface area (Å²) >= 11 is 7.16. The molecular weight excluding hydrogens is 377 g/mol. The summed E-state index contributed by atoms with van der Waals surface area (Å²) in [6.45, 7) is 0. The quantitative estimate of drug-likeness (QED) is 0.589. The van der Waals surface area contributed by atoms with E-state index in [9.17, 15) is 4.79 Å². The second-order valence-corrected chi connectivity index (χ2v) is 8.72. The molecule has 2 aromatic carbocycles. The Hall–Kier alpha value is -1.13. The van der Waals surface area contributed by atoms with Gasteiger partial charge in [-0.3, -0.25) is 0 Å². The van der Waals surface area contributed by atoms with Gasteiger partial charge in [-0.15, -0.1) is 0 Å². The van der Waals surface area contributed by atoms with Crippen molar-refractivity contribution in [1.82, 2.24) is 4.90 Å². The van der Waals surface area contributed by atoms with Crippen molar-refractivity contribution >= 4 is 53.6 Å². The van der Waals surface area contributed by atoms with E-state index < -0.39 is 0 Å². The molecule has 0 radical (unpaired) electrons. The Morgan fingerprint density at radius 3 is 2.45 bits per heavy atom. The van der Waals surface area contributed by atoms with Crippen LogP contribution >= 0.6 is 24.0 Å². The molecule has 22 heavy (non-hydrogen) atoms. The fourth-order valence-corrected chi connectivity index (χ4v) is 5.43. The number of thiocarbonyl (C=S) groups is 1. The van der Waals surface area contributed by atoms with Crippen molar-refractivity contribution in [1.29, 1.82) is 0 Å². The standard InChI is InChI=1S/C17H15NOS2Se/c19-16(12-22-14-9-5-2-6-10-14)18-15(11-21-17(18)20)13-7-3-1-4-8-13/h1-10,15H,11-12H2/t15-/m0/s1. The van der Waals surface area contributed by atoms with E-state index in [2.05, 4.69) is 24.3 Å². The topological polar surface area (TPSA) is 20.3 Å². The van der Waals surface area contributed by atoms with Crippen LogP contribution in [0.3, 0.4) is 0 Å². The molecule has 1 atom stereocenters. The second-order valence-electron chi connectivity index (χ2n) is 4.87. The molecule has 1 aliphatic rings. The molecule has 0 bridgehead atoms. The van der Waals surface area contributed by atoms with E-state index in [4.69, 9.17) is 12.2 Å². The average molecular weight is 392 g/mol. The molecule has 0 spiro atoms. The monoisotopic (exact) mass is 393 g/mol. The van der Waals surface area contributed by atoms with Crippen LogP contribution in [0.25, 0.3) is 0 Å². The molecule has 112 valence electrons. The van der Waals surface area contributed by atoms with E-state index in [-0.39, 0.29) is 26.9 Å². The molecule has 0 saturated carbocycles. The van der Waals surface area contributed by atoms with Gasteiger partial charge in [0.2, 0.25) is 0 Å². The van der Waals surface area contributed by atoms with E-state index in [0.717, 1.165) is 11.3 Å². The number of amides is 1. The number of thioether (sulfide) groups is 1. The molecule has 0 unspecified atom stereocenters. The Balaban J connectivity index is 1.71. The van der Waals surface area contributed by atoms with E-state index in [1.54, 1.807) is 11.8 Å². The molecule has 1 saturated heterocycles. The minimum atomic E-state index is 0.0813. The third-order valence-electron chi connectivity index (χ3n) is 3.43. The van der Waals surface area contributed by atoms with Gasteiger partial charge < -0.3 is 0 Å². The Morgan fingerprint density at radius 2 is 1.77 bits per heavy atom. The van der Waals surface area contributed by atoms with Crippen molar-refractivity contribution < 1.29 is 4.79 Å². The summed E-state index contributed by atoms with van der Waals surface area (Å²) in [5.74, 6) is 1.00. The third kappa shape index (κ3) is 3.61. The molecule has 1 amide bonds. The van der Waals surface area contributed by atoms with Crippen molar-refractivity contribution in [2.45, 2.75) is 11.4 Å². The average Bonchev–Trinajstić information content (AvgIpc) is 2.96. The Morgan fingerprint density at radius 1 is 1.14 bits per heavy atom. The zero-order valence-electron chi connectivity index (χ0n) is 11.8. The van der Waals surface area contributed by atoms with Crippen molar-refractivity contribution in [3.8, 4) is 0 Å². The zero-order chi connectivity index (χ0) is 15.4. The van der Waals surface area contributed by atoms with Gasteiger partial charge in [-0.25, -0.2) is 0 Å². The molecule has 0 aliphatic carbocycles. The van der Waals surface area contributed by atoms with Gasteiger partial charge in [0.05, 0.1) is 0 Å². The molecule has 2 nitrogen and oxygen atoms in total. The molecule has 1 heterocycles. The fourth-order valence-electron chi connectivity index (χ4n) is 2.35. The summed E-state index contributed by atoms with van der Waals surface area (Å²) in [7, 11) is 0. The van der Waals surface area contributed by atoms with E-state index in [1.807, 2.05) is 41.3 Å². The molecule has 2 aromatic rings. The van der Waals surface area contributed by atoms with E-state index >= 15 is 0 Å². The van der Waals surface area contributed by atoms with Crippen LogP contribution in [0.4, 0.5) is 0 Å². The van der Waals surface area contributed by atoms with Crippen LogP contribution in [0, 0.1) is 0 Å². The van der Waals surface area contributed by atoms with Crippen LogP contribution in [0.1, 0.15) is 11.6 Å². The first kappa shape index (κ1) is 15.8. The normalized spacial score (nSPS) is 17.7. The summed E-state index contributed by atoms with van der Waals surface area (Å²) in [6.07, 6.45) is 0. The summed E-state index contributed by atoms with van der Waals surface area (Å²) in [5.41, 5.74) is 1.16. The van der Waals surface area contributed by atoms with Gasteiger partial charge in [0.1, 0.15) is 0 Å². The minimum absolute atomic E-state index is 0.0813. The van der Waals surface area contributed by atoms with Crippen LogP contribution < -0.4 is 4.46 Å². The van der Waals surface area contributed by atoms with Gasteiger partial charge in [0, 0.05) is 0 Å². The van der Waals surface area contributed by atoms with Gasteiger partial charge in [-0.05, 0) is 0 Å². The Kier molecular flexibility index (Phi) is 5.32. The molecule has 5 heteroatoms. The maximum absolute atomic E-state index is 12.7. The number of hydrogen-bond donors (Lipinski definition) is 0. The molecular formula is C17H15NOS2Se. The number of benzene rings is 2. The summed E-state index contributed by atoms with van der Waals surface area (Å²) < 4.78 is 1.96. The first-order valence-electron chi connectivity index (χ1n) is 6.97. The van der Waals surface area contributed by atoms with E-state index in [0.29, 0.717) is 9.64 Å². The van der Waals surface area contributed by atoms with Gasteiger partial charge in [-0.2, -0.15) is 0 Å². The fraction of sp³-hybridized carbons (Fsp3) is 0.176. The summed E-state index contributed by atoms with van der Waals surface area (Å²) in [6, 6.07) is 20.4. The SMILES string of the molecule is O=C(C[Se]c1ccccc1)N1C(=S)SC[C@H]1c1ccccc1. The molecule has 1 fully saturated rings. The predicted molar refractivity (Wildman–Crippen MR) is 97.7 cm³/mol. The maximum atomic E-state index is 12.7. The number of hydrogen-bond acceptors (Lipinski definition) is 3. The van der Waals surface area contributed by atoms with Gasteiger partial charge in [0.25, 0.3) is 0 Å². The van der Waals surface area contributed by atoms with Crippen molar-refractivity contribution in [2.75, 3.05) is 5.75 Å². The number of rotatable bonds is 4. The molecule has 0 aromatic heterocycles. The van der Waals surface area contributed by atoms with Crippen LogP contribution in [-0.2, 0) is 4.79 Å². The van der Waals surface area contributed by atoms with Gasteiger partial charge >= 0.3 is 147 Å². The number of nitrogens with zero attached hydrogens (tertiary/aromatic N) is 1. The van der Waals surface area contributed by atoms with Crippen molar-refractivity contribution in [3.05, 3.63) is 66.2 Å². The summed E-state index contributed by atoms with van der Waals surface area (Å²) in [4.78, 5) is 14.5. The van der Waals surface area contributed by atoms with Crippen molar-refractivity contribution in [2.24, 2.45) is 0 Å². The van der Waals surface area contributed by atoms with Crippen LogP contribution in [0.2, 0.25) is 5.32 Å². The first-order chi connectivity index (χ1) is 10.8. The van der Waals surface area contributed by atoms with Gasteiger partial charge in [-0.1, -0.05) is 0 Å². The third-order valence-corrected chi connectivity index (χ3v) is 7.00. The van der Waals surface area contributed by atoms with Crippen LogP contribution in [0.5, 0.6) is 0 Å². The molecule has 3 rings (SSSR count).